The van der Waals surface area contributed by atoms with Crippen molar-refractivity contribution in [2.75, 3.05) is 6.61 Å². The van der Waals surface area contributed by atoms with E-state index in [-0.39, 0.29) is 5.97 Å². The van der Waals surface area contributed by atoms with Gasteiger partial charge in [0.25, 0.3) is 0 Å². The second-order valence-corrected chi connectivity index (χ2v) is 3.18. The molecular weight excluding hydrogens is 152 g/mol. The number of hydrogen-bond acceptors (Lipinski definition) is 2. The van der Waals surface area contributed by atoms with Crippen molar-refractivity contribution in [1.29, 1.82) is 0 Å². The maximum Gasteiger partial charge on any atom is 0.306 e. The first-order valence-corrected chi connectivity index (χ1v) is 4.43. The SMILES string of the molecule is CC=CCCC(=O)OCC(C)C. The topological polar surface area (TPSA) is 26.3 Å². The van der Waals surface area contributed by atoms with E-state index in [1.807, 2.05) is 32.9 Å². The molecule has 0 aliphatic carbocycles. The minimum absolute atomic E-state index is 0.0956. The van der Waals surface area contributed by atoms with Crippen LogP contribution in [-0.2, 0) is 9.53 Å². The summed E-state index contributed by atoms with van der Waals surface area (Å²) >= 11 is 0. The standard InChI is InChI=1S/C10H18O2/c1-4-5-6-7-10(11)12-8-9(2)3/h4-5,9H,6-8H2,1-3H3. The van der Waals surface area contributed by atoms with E-state index >= 15 is 0 Å². The molecule has 2 heteroatoms. The summed E-state index contributed by atoms with van der Waals surface area (Å²) in [6, 6.07) is 0. The quantitative estimate of drug-likeness (QED) is 0.468. The molecule has 0 rings (SSSR count). The summed E-state index contributed by atoms with van der Waals surface area (Å²) < 4.78 is 4.98. The van der Waals surface area contributed by atoms with E-state index in [4.69, 9.17) is 4.74 Å². The van der Waals surface area contributed by atoms with Crippen molar-refractivity contribution in [3.63, 3.8) is 0 Å². The molecule has 0 amide bonds. The normalized spacial score (nSPS) is 11.0. The van der Waals surface area contributed by atoms with Crippen LogP contribution < -0.4 is 0 Å². The van der Waals surface area contributed by atoms with Crippen molar-refractivity contribution in [3.8, 4) is 0 Å². The van der Waals surface area contributed by atoms with Gasteiger partial charge in [0, 0.05) is 6.42 Å². The zero-order valence-electron chi connectivity index (χ0n) is 8.17. The maximum atomic E-state index is 11.0. The number of hydrogen-bond donors (Lipinski definition) is 0. The van der Waals surface area contributed by atoms with Crippen molar-refractivity contribution in [2.24, 2.45) is 5.92 Å². The average molecular weight is 170 g/mol. The Morgan fingerprint density at radius 1 is 1.50 bits per heavy atom. The minimum atomic E-state index is -0.0956. The van der Waals surface area contributed by atoms with E-state index in [1.54, 1.807) is 0 Å². The van der Waals surface area contributed by atoms with Gasteiger partial charge in [0.15, 0.2) is 0 Å². The highest BCUT2D eigenvalue weighted by molar-refractivity contribution is 5.69. The van der Waals surface area contributed by atoms with Crippen LogP contribution in [0.5, 0.6) is 0 Å². The molecule has 0 aromatic heterocycles. The molecule has 2 nitrogen and oxygen atoms in total. The number of ether oxygens (including phenoxy) is 1. The highest BCUT2D eigenvalue weighted by Gasteiger charge is 2.01. The van der Waals surface area contributed by atoms with Crippen molar-refractivity contribution in [3.05, 3.63) is 12.2 Å². The summed E-state index contributed by atoms with van der Waals surface area (Å²) in [6.45, 7) is 6.53. The van der Waals surface area contributed by atoms with Gasteiger partial charge in [-0.05, 0) is 19.3 Å². The van der Waals surface area contributed by atoms with E-state index in [2.05, 4.69) is 0 Å². The summed E-state index contributed by atoms with van der Waals surface area (Å²) in [5.74, 6) is 0.331. The van der Waals surface area contributed by atoms with Crippen LogP contribution in [0, 0.1) is 5.92 Å². The zero-order chi connectivity index (χ0) is 9.40. The van der Waals surface area contributed by atoms with Gasteiger partial charge in [-0.2, -0.15) is 0 Å². The van der Waals surface area contributed by atoms with Gasteiger partial charge in [-0.1, -0.05) is 26.0 Å². The fourth-order valence-corrected chi connectivity index (χ4v) is 0.700. The smallest absolute Gasteiger partial charge is 0.306 e. The highest BCUT2D eigenvalue weighted by Crippen LogP contribution is 1.98. The lowest BCUT2D eigenvalue weighted by atomic mass is 10.2. The van der Waals surface area contributed by atoms with Gasteiger partial charge in [0.2, 0.25) is 0 Å². The van der Waals surface area contributed by atoms with Gasteiger partial charge in [-0.25, -0.2) is 0 Å². The van der Waals surface area contributed by atoms with Gasteiger partial charge in [-0.3, -0.25) is 4.79 Å². The van der Waals surface area contributed by atoms with Gasteiger partial charge in [0.1, 0.15) is 0 Å². The fourth-order valence-electron chi connectivity index (χ4n) is 0.700. The third-order valence-electron chi connectivity index (χ3n) is 1.33. The lowest BCUT2D eigenvalue weighted by Gasteiger charge is -2.05. The van der Waals surface area contributed by atoms with Crippen LogP contribution in [0.3, 0.4) is 0 Å². The molecule has 0 radical (unpaired) electrons. The van der Waals surface area contributed by atoms with Gasteiger partial charge >= 0.3 is 5.97 Å². The predicted molar refractivity (Wildman–Crippen MR) is 49.8 cm³/mol. The molecular formula is C10H18O2. The Kier molecular flexibility index (Phi) is 6.44. The van der Waals surface area contributed by atoms with E-state index < -0.39 is 0 Å². The van der Waals surface area contributed by atoms with Gasteiger partial charge in [0.05, 0.1) is 6.61 Å². The van der Waals surface area contributed by atoms with E-state index in [1.165, 1.54) is 0 Å². The molecule has 0 saturated heterocycles. The van der Waals surface area contributed by atoms with Crippen LogP contribution in [0.2, 0.25) is 0 Å². The number of rotatable bonds is 5. The van der Waals surface area contributed by atoms with Crippen molar-refractivity contribution in [1.82, 2.24) is 0 Å². The second kappa shape index (κ2) is 6.89. The Morgan fingerprint density at radius 3 is 2.67 bits per heavy atom. The molecule has 0 bridgehead atoms. The molecule has 0 aromatic carbocycles. The van der Waals surface area contributed by atoms with Crippen LogP contribution >= 0.6 is 0 Å². The third kappa shape index (κ3) is 7.32. The fraction of sp³-hybridized carbons (Fsp3) is 0.700. The maximum absolute atomic E-state index is 11.0. The Bertz CT molecular complexity index is 148. The van der Waals surface area contributed by atoms with Crippen LogP contribution in [0.1, 0.15) is 33.6 Å². The number of carbonyl (C=O) groups excluding carboxylic acids is 1. The van der Waals surface area contributed by atoms with Crippen LogP contribution in [0.25, 0.3) is 0 Å². The van der Waals surface area contributed by atoms with E-state index in [0.717, 1.165) is 6.42 Å². The molecule has 0 heterocycles. The van der Waals surface area contributed by atoms with E-state index in [0.29, 0.717) is 18.9 Å². The molecule has 0 aliphatic rings. The molecule has 0 atom stereocenters. The first kappa shape index (κ1) is 11.2. The van der Waals surface area contributed by atoms with Crippen molar-refractivity contribution < 1.29 is 9.53 Å². The van der Waals surface area contributed by atoms with Crippen LogP contribution in [-0.4, -0.2) is 12.6 Å². The van der Waals surface area contributed by atoms with Crippen molar-refractivity contribution >= 4 is 5.97 Å². The molecule has 12 heavy (non-hydrogen) atoms. The summed E-state index contributed by atoms with van der Waals surface area (Å²) in [4.78, 5) is 11.0. The zero-order valence-corrected chi connectivity index (χ0v) is 8.17. The molecule has 0 aliphatic heterocycles. The molecule has 70 valence electrons. The molecule has 0 aromatic rings. The summed E-state index contributed by atoms with van der Waals surface area (Å²) in [7, 11) is 0. The Labute approximate surface area is 74.6 Å². The third-order valence-corrected chi connectivity index (χ3v) is 1.33. The Morgan fingerprint density at radius 2 is 2.17 bits per heavy atom. The minimum Gasteiger partial charge on any atom is -0.465 e. The molecule has 0 fully saturated rings. The number of carbonyl (C=O) groups is 1. The van der Waals surface area contributed by atoms with Gasteiger partial charge in [-0.15, -0.1) is 0 Å². The molecule has 0 spiro atoms. The highest BCUT2D eigenvalue weighted by atomic mass is 16.5. The Balaban J connectivity index is 3.34. The average Bonchev–Trinajstić information content (AvgIpc) is 2.01. The molecule has 0 unspecified atom stereocenters. The largest absolute Gasteiger partial charge is 0.465 e. The monoisotopic (exact) mass is 170 g/mol. The summed E-state index contributed by atoms with van der Waals surface area (Å²) in [5.41, 5.74) is 0. The number of esters is 1. The second-order valence-electron chi connectivity index (χ2n) is 3.18. The molecule has 0 N–H and O–H groups in total. The first-order valence-electron chi connectivity index (χ1n) is 4.43. The lowest BCUT2D eigenvalue weighted by molar-refractivity contribution is -0.144. The lowest BCUT2D eigenvalue weighted by Crippen LogP contribution is -2.09. The summed E-state index contributed by atoms with van der Waals surface area (Å²) in [5, 5.41) is 0. The first-order chi connectivity index (χ1) is 5.66. The van der Waals surface area contributed by atoms with Crippen LogP contribution in [0.15, 0.2) is 12.2 Å². The Hall–Kier alpha value is -0.790. The van der Waals surface area contributed by atoms with E-state index in [9.17, 15) is 4.79 Å². The number of allylic oxidation sites excluding steroid dienone is 2. The van der Waals surface area contributed by atoms with Crippen LogP contribution in [0.4, 0.5) is 0 Å². The predicted octanol–water partition coefficient (Wildman–Crippen LogP) is 2.54. The van der Waals surface area contributed by atoms with Gasteiger partial charge < -0.3 is 4.74 Å². The molecule has 0 saturated carbocycles. The van der Waals surface area contributed by atoms with Crippen molar-refractivity contribution in [2.45, 2.75) is 33.6 Å². The summed E-state index contributed by atoms with van der Waals surface area (Å²) in [6.07, 6.45) is 5.19.